The minimum Gasteiger partial charge on any atom is -0.461 e. The molecule has 1 aromatic carbocycles. The van der Waals surface area contributed by atoms with Crippen LogP contribution < -0.4 is 0 Å². The second kappa shape index (κ2) is 10.7. The quantitative estimate of drug-likeness (QED) is 0.508. The van der Waals surface area contributed by atoms with Gasteiger partial charge in [-0.2, -0.15) is 0 Å². The van der Waals surface area contributed by atoms with Gasteiger partial charge in [-0.3, -0.25) is 9.78 Å². The molecule has 0 atom stereocenters. The Hall–Kier alpha value is -3.42. The van der Waals surface area contributed by atoms with Crippen LogP contribution in [0.2, 0.25) is 0 Å². The van der Waals surface area contributed by atoms with E-state index in [4.69, 9.17) is 14.2 Å². The van der Waals surface area contributed by atoms with Crippen molar-refractivity contribution in [1.82, 2.24) is 9.88 Å². The predicted octanol–water partition coefficient (Wildman–Crippen LogP) is 2.57. The third kappa shape index (κ3) is 6.71. The minimum absolute atomic E-state index is 0.0450. The van der Waals surface area contributed by atoms with Crippen molar-refractivity contribution in [2.24, 2.45) is 0 Å². The molecule has 0 saturated carbocycles. The Bertz CT molecular complexity index is 809. The number of hydrogen-bond donors (Lipinski definition) is 0. The van der Waals surface area contributed by atoms with Crippen LogP contribution in [0.4, 0.5) is 4.79 Å². The topological polar surface area (TPSA) is 95.0 Å². The van der Waals surface area contributed by atoms with Crippen molar-refractivity contribution in [2.75, 3.05) is 20.4 Å². The third-order valence-corrected chi connectivity index (χ3v) is 3.78. The van der Waals surface area contributed by atoms with Crippen LogP contribution in [0.5, 0.6) is 0 Å². The molecule has 28 heavy (non-hydrogen) atoms. The highest BCUT2D eigenvalue weighted by Crippen LogP contribution is 2.12. The summed E-state index contributed by atoms with van der Waals surface area (Å²) in [6, 6.07) is 12.1. The average molecular weight is 386 g/mol. The molecule has 2 aromatic rings. The van der Waals surface area contributed by atoms with Crippen LogP contribution in [0.25, 0.3) is 0 Å². The molecule has 0 fully saturated rings. The maximum atomic E-state index is 12.2. The van der Waals surface area contributed by atoms with E-state index >= 15 is 0 Å². The Balaban J connectivity index is 1.78. The van der Waals surface area contributed by atoms with Crippen molar-refractivity contribution >= 4 is 18.0 Å². The highest BCUT2D eigenvalue weighted by atomic mass is 16.7. The first kappa shape index (κ1) is 20.9. The fourth-order valence-corrected chi connectivity index (χ4v) is 2.27. The molecule has 8 nitrogen and oxygen atoms in total. The fraction of sp³-hybridized carbons (Fsp3) is 0.300. The Morgan fingerprint density at radius 2 is 1.75 bits per heavy atom. The highest BCUT2D eigenvalue weighted by Gasteiger charge is 2.15. The van der Waals surface area contributed by atoms with Crippen molar-refractivity contribution in [1.29, 1.82) is 0 Å². The number of ether oxygens (including phenoxy) is 3. The number of pyridine rings is 1. The van der Waals surface area contributed by atoms with Gasteiger partial charge >= 0.3 is 18.0 Å². The number of aromatic nitrogens is 1. The van der Waals surface area contributed by atoms with E-state index in [0.717, 1.165) is 5.69 Å². The minimum atomic E-state index is -0.674. The lowest BCUT2D eigenvalue weighted by atomic mass is 10.1. The molecular weight excluding hydrogens is 364 g/mol. The van der Waals surface area contributed by atoms with Gasteiger partial charge in [0, 0.05) is 44.4 Å². The van der Waals surface area contributed by atoms with E-state index < -0.39 is 24.8 Å². The summed E-state index contributed by atoms with van der Waals surface area (Å²) in [5.74, 6) is -1.13. The summed E-state index contributed by atoms with van der Waals surface area (Å²) in [5.41, 5.74) is 1.60. The van der Waals surface area contributed by atoms with Gasteiger partial charge in [0.05, 0.1) is 5.56 Å². The lowest BCUT2D eigenvalue weighted by Crippen LogP contribution is -2.30. The lowest BCUT2D eigenvalue weighted by molar-refractivity contribution is -0.142. The van der Waals surface area contributed by atoms with E-state index in [1.54, 1.807) is 37.5 Å². The van der Waals surface area contributed by atoms with E-state index in [2.05, 4.69) is 4.98 Å². The molecule has 8 heteroatoms. The summed E-state index contributed by atoms with van der Waals surface area (Å²) < 4.78 is 14.9. The number of carbonyl (C=O) groups excluding carboxylic acids is 3. The molecule has 1 heterocycles. The first-order valence-electron chi connectivity index (χ1n) is 8.63. The van der Waals surface area contributed by atoms with Crippen molar-refractivity contribution < 1.29 is 28.6 Å². The van der Waals surface area contributed by atoms with Crippen LogP contribution in [0.1, 0.15) is 28.5 Å². The van der Waals surface area contributed by atoms with Gasteiger partial charge in [-0.05, 0) is 18.2 Å². The van der Waals surface area contributed by atoms with Gasteiger partial charge in [-0.1, -0.05) is 24.3 Å². The summed E-state index contributed by atoms with van der Waals surface area (Å²) in [6.45, 7) is 1.13. The molecule has 1 amide bonds. The van der Waals surface area contributed by atoms with Crippen molar-refractivity contribution in [3.05, 3.63) is 65.5 Å². The van der Waals surface area contributed by atoms with Gasteiger partial charge < -0.3 is 19.1 Å². The van der Waals surface area contributed by atoms with Gasteiger partial charge in [0.15, 0.2) is 0 Å². The zero-order chi connectivity index (χ0) is 20.4. The number of carbonyl (C=O) groups is 3. The van der Waals surface area contributed by atoms with E-state index in [9.17, 15) is 14.4 Å². The molecule has 0 bridgehead atoms. The van der Waals surface area contributed by atoms with Gasteiger partial charge in [0.2, 0.25) is 6.79 Å². The van der Waals surface area contributed by atoms with Crippen LogP contribution in [0.3, 0.4) is 0 Å². The normalized spacial score (nSPS) is 10.1. The third-order valence-electron chi connectivity index (χ3n) is 3.78. The van der Waals surface area contributed by atoms with Crippen LogP contribution in [-0.4, -0.2) is 48.3 Å². The van der Waals surface area contributed by atoms with Crippen molar-refractivity contribution in [2.45, 2.75) is 20.0 Å². The Morgan fingerprint density at radius 1 is 1.00 bits per heavy atom. The molecule has 1 aromatic heterocycles. The Labute approximate surface area is 163 Å². The molecule has 0 aliphatic carbocycles. The molecular formula is C20H22N2O6. The smallest absolute Gasteiger partial charge is 0.412 e. The summed E-state index contributed by atoms with van der Waals surface area (Å²) in [7, 11) is 1.58. The molecule has 0 unspecified atom stereocenters. The molecule has 0 spiro atoms. The second-order valence-electron chi connectivity index (χ2n) is 5.89. The Morgan fingerprint density at radius 3 is 2.46 bits per heavy atom. The zero-order valence-electron chi connectivity index (χ0n) is 15.8. The maximum Gasteiger partial charge on any atom is 0.412 e. The number of likely N-dealkylation sites (N-methyl/N-ethyl adjacent to an activating group) is 1. The molecule has 0 saturated heterocycles. The van der Waals surface area contributed by atoms with Gasteiger partial charge in [0.25, 0.3) is 0 Å². The van der Waals surface area contributed by atoms with Gasteiger partial charge in [-0.25, -0.2) is 9.59 Å². The van der Waals surface area contributed by atoms with Gasteiger partial charge in [-0.15, -0.1) is 0 Å². The van der Waals surface area contributed by atoms with Crippen LogP contribution in [0, 0.1) is 0 Å². The van der Waals surface area contributed by atoms with Crippen molar-refractivity contribution in [3.8, 4) is 0 Å². The first-order valence-corrected chi connectivity index (χ1v) is 8.63. The Kier molecular flexibility index (Phi) is 7.95. The van der Waals surface area contributed by atoms with Gasteiger partial charge in [0.1, 0.15) is 6.61 Å². The summed E-state index contributed by atoms with van der Waals surface area (Å²) in [4.78, 5) is 40.7. The lowest BCUT2D eigenvalue weighted by Gasteiger charge is -2.16. The second-order valence-corrected chi connectivity index (χ2v) is 5.89. The molecule has 2 rings (SSSR count). The maximum absolute atomic E-state index is 12.2. The van der Waals surface area contributed by atoms with E-state index in [1.165, 1.54) is 11.8 Å². The largest absolute Gasteiger partial charge is 0.461 e. The predicted molar refractivity (Wildman–Crippen MR) is 99.2 cm³/mol. The number of nitrogens with zero attached hydrogens (tertiary/aromatic N) is 2. The number of esters is 2. The number of rotatable bonds is 8. The standard InChI is InChI=1S/C20H22N2O6/c1-15(23)26-13-16-7-3-4-9-18(16)19(24)27-14-28-20(25)22(2)12-10-17-8-5-6-11-21-17/h3-9,11H,10,12-14H2,1-2H3. The number of hydrogen-bond acceptors (Lipinski definition) is 7. The van der Waals surface area contributed by atoms with Crippen LogP contribution in [0.15, 0.2) is 48.7 Å². The molecule has 0 aliphatic rings. The summed E-state index contributed by atoms with van der Waals surface area (Å²) in [5, 5.41) is 0. The van der Waals surface area contributed by atoms with Crippen LogP contribution in [-0.2, 0) is 32.0 Å². The summed E-state index contributed by atoms with van der Waals surface area (Å²) in [6.07, 6.45) is 1.65. The fourth-order valence-electron chi connectivity index (χ4n) is 2.27. The average Bonchev–Trinajstić information content (AvgIpc) is 2.71. The first-order chi connectivity index (χ1) is 13.5. The molecule has 148 valence electrons. The number of benzene rings is 1. The highest BCUT2D eigenvalue weighted by molar-refractivity contribution is 5.91. The molecule has 0 N–H and O–H groups in total. The molecule has 0 aliphatic heterocycles. The monoisotopic (exact) mass is 386 g/mol. The number of amides is 1. The van der Waals surface area contributed by atoms with Crippen molar-refractivity contribution in [3.63, 3.8) is 0 Å². The van der Waals surface area contributed by atoms with Crippen LogP contribution >= 0.6 is 0 Å². The molecule has 0 radical (unpaired) electrons. The SMILES string of the molecule is CC(=O)OCc1ccccc1C(=O)OCOC(=O)N(C)CCc1ccccn1. The van der Waals surface area contributed by atoms with E-state index in [1.807, 2.05) is 18.2 Å². The summed E-state index contributed by atoms with van der Waals surface area (Å²) >= 11 is 0. The van der Waals surface area contributed by atoms with E-state index in [-0.39, 0.29) is 12.2 Å². The van der Waals surface area contributed by atoms with E-state index in [0.29, 0.717) is 18.5 Å². The zero-order valence-corrected chi connectivity index (χ0v) is 15.8.